The minimum absolute atomic E-state index is 0.382. The maximum atomic E-state index is 12.0. The van der Waals surface area contributed by atoms with Crippen molar-refractivity contribution in [2.75, 3.05) is 7.05 Å². The van der Waals surface area contributed by atoms with Gasteiger partial charge in [0.15, 0.2) is 10.8 Å². The minimum atomic E-state index is -0.528. The Morgan fingerprint density at radius 3 is 2.75 bits per heavy atom. The molecule has 0 aliphatic heterocycles. The SMILES string of the molecule is CNC(=O)NC(=O)[C@H](C)Sc1nnc2cc(C)c3ccccc3n12. The summed E-state index contributed by atoms with van der Waals surface area (Å²) in [6.45, 7) is 3.75. The molecule has 0 radical (unpaired) electrons. The number of carbonyl (C=O) groups excluding carboxylic acids is 2. The van der Waals surface area contributed by atoms with Crippen LogP contribution in [0.5, 0.6) is 0 Å². The highest BCUT2D eigenvalue weighted by Gasteiger charge is 2.20. The molecule has 24 heavy (non-hydrogen) atoms. The number of fused-ring (bicyclic) bond motifs is 3. The van der Waals surface area contributed by atoms with Crippen LogP contribution in [-0.2, 0) is 4.79 Å². The van der Waals surface area contributed by atoms with Gasteiger partial charge in [0.2, 0.25) is 5.91 Å². The second-order valence-electron chi connectivity index (χ2n) is 5.35. The monoisotopic (exact) mass is 343 g/mol. The molecule has 124 valence electrons. The van der Waals surface area contributed by atoms with E-state index in [0.29, 0.717) is 5.16 Å². The summed E-state index contributed by atoms with van der Waals surface area (Å²) < 4.78 is 1.93. The van der Waals surface area contributed by atoms with E-state index in [9.17, 15) is 9.59 Å². The zero-order valence-electron chi connectivity index (χ0n) is 13.5. The predicted octanol–water partition coefficient (Wildman–Crippen LogP) is 2.13. The first-order valence-corrected chi connectivity index (χ1v) is 8.32. The van der Waals surface area contributed by atoms with Crippen LogP contribution < -0.4 is 10.6 Å². The first kappa shape index (κ1) is 16.3. The van der Waals surface area contributed by atoms with Crippen molar-refractivity contribution >= 4 is 40.3 Å². The number of aromatic nitrogens is 3. The highest BCUT2D eigenvalue weighted by Crippen LogP contribution is 2.27. The summed E-state index contributed by atoms with van der Waals surface area (Å²) in [5.41, 5.74) is 2.83. The molecule has 0 saturated carbocycles. The summed E-state index contributed by atoms with van der Waals surface area (Å²) in [6.07, 6.45) is 0. The van der Waals surface area contributed by atoms with E-state index in [2.05, 4.69) is 20.8 Å². The van der Waals surface area contributed by atoms with Gasteiger partial charge in [-0.1, -0.05) is 30.0 Å². The van der Waals surface area contributed by atoms with Crippen molar-refractivity contribution in [1.82, 2.24) is 25.2 Å². The zero-order valence-corrected chi connectivity index (χ0v) is 14.3. The molecular weight excluding hydrogens is 326 g/mol. The molecule has 3 rings (SSSR count). The number of thioether (sulfide) groups is 1. The van der Waals surface area contributed by atoms with E-state index in [1.807, 2.05) is 41.7 Å². The molecule has 2 aromatic heterocycles. The van der Waals surface area contributed by atoms with Crippen molar-refractivity contribution in [3.63, 3.8) is 0 Å². The highest BCUT2D eigenvalue weighted by molar-refractivity contribution is 8.00. The summed E-state index contributed by atoms with van der Waals surface area (Å²) in [5, 5.41) is 14.3. The van der Waals surface area contributed by atoms with Crippen molar-refractivity contribution < 1.29 is 9.59 Å². The highest BCUT2D eigenvalue weighted by atomic mass is 32.2. The molecule has 7 nitrogen and oxygen atoms in total. The third-order valence-corrected chi connectivity index (χ3v) is 4.73. The van der Waals surface area contributed by atoms with Gasteiger partial charge in [0.05, 0.1) is 10.8 Å². The molecule has 0 aliphatic rings. The second kappa shape index (κ2) is 6.48. The van der Waals surface area contributed by atoms with Crippen molar-refractivity contribution in [1.29, 1.82) is 0 Å². The predicted molar refractivity (Wildman–Crippen MR) is 93.1 cm³/mol. The number of benzene rings is 1. The number of para-hydroxylation sites is 1. The van der Waals surface area contributed by atoms with Crippen LogP contribution in [-0.4, -0.2) is 38.8 Å². The van der Waals surface area contributed by atoms with E-state index < -0.39 is 11.3 Å². The van der Waals surface area contributed by atoms with Gasteiger partial charge in [-0.15, -0.1) is 10.2 Å². The van der Waals surface area contributed by atoms with Crippen LogP contribution in [0.25, 0.3) is 16.6 Å². The van der Waals surface area contributed by atoms with Gasteiger partial charge < -0.3 is 5.32 Å². The van der Waals surface area contributed by atoms with E-state index in [-0.39, 0.29) is 5.91 Å². The van der Waals surface area contributed by atoms with Gasteiger partial charge in [-0.2, -0.15) is 0 Å². The average Bonchev–Trinajstić information content (AvgIpc) is 2.97. The molecule has 8 heteroatoms. The standard InChI is InChI=1S/C16H17N5O2S/c1-9-8-13-19-20-16(21(13)12-7-5-4-6-11(9)12)24-10(2)14(22)18-15(23)17-3/h4-8,10H,1-3H3,(H2,17,18,22,23)/t10-/m0/s1. The molecule has 0 spiro atoms. The van der Waals surface area contributed by atoms with Crippen molar-refractivity contribution in [3.8, 4) is 0 Å². The number of amides is 3. The van der Waals surface area contributed by atoms with Crippen LogP contribution in [0.4, 0.5) is 4.79 Å². The molecular formula is C16H17N5O2S. The summed E-state index contributed by atoms with van der Waals surface area (Å²) in [5.74, 6) is -0.382. The molecule has 2 N–H and O–H groups in total. The van der Waals surface area contributed by atoms with Gasteiger partial charge in [0, 0.05) is 12.4 Å². The maximum absolute atomic E-state index is 12.0. The number of carbonyl (C=O) groups is 2. The lowest BCUT2D eigenvalue weighted by Crippen LogP contribution is -2.41. The smallest absolute Gasteiger partial charge is 0.321 e. The van der Waals surface area contributed by atoms with Crippen LogP contribution in [0.1, 0.15) is 12.5 Å². The van der Waals surface area contributed by atoms with Gasteiger partial charge in [0.25, 0.3) is 0 Å². The van der Waals surface area contributed by atoms with Gasteiger partial charge >= 0.3 is 6.03 Å². The summed E-state index contributed by atoms with van der Waals surface area (Å²) in [4.78, 5) is 23.3. The fourth-order valence-corrected chi connectivity index (χ4v) is 3.31. The number of urea groups is 1. The molecule has 2 heterocycles. The Kier molecular flexibility index (Phi) is 4.39. The van der Waals surface area contributed by atoms with Crippen LogP contribution >= 0.6 is 11.8 Å². The molecule has 3 amide bonds. The van der Waals surface area contributed by atoms with Gasteiger partial charge in [-0.3, -0.25) is 14.5 Å². The van der Waals surface area contributed by atoms with Crippen molar-refractivity contribution in [2.24, 2.45) is 0 Å². The molecule has 3 aromatic rings. The Hall–Kier alpha value is -2.61. The fourth-order valence-electron chi connectivity index (χ4n) is 2.44. The number of rotatable bonds is 3. The Morgan fingerprint density at radius 2 is 2.00 bits per heavy atom. The molecule has 0 aliphatic carbocycles. The van der Waals surface area contributed by atoms with E-state index >= 15 is 0 Å². The van der Waals surface area contributed by atoms with Gasteiger partial charge in [0.1, 0.15) is 0 Å². The van der Waals surface area contributed by atoms with Crippen molar-refractivity contribution in [3.05, 3.63) is 35.9 Å². The van der Waals surface area contributed by atoms with Gasteiger partial charge in [-0.05, 0) is 31.5 Å². The molecule has 1 atom stereocenters. The van der Waals surface area contributed by atoms with E-state index in [0.717, 1.165) is 22.1 Å². The van der Waals surface area contributed by atoms with Crippen molar-refractivity contribution in [2.45, 2.75) is 24.3 Å². The van der Waals surface area contributed by atoms with Crippen LogP contribution in [0, 0.1) is 6.92 Å². The number of nitrogens with one attached hydrogen (secondary N) is 2. The maximum Gasteiger partial charge on any atom is 0.321 e. The van der Waals surface area contributed by atoms with E-state index in [1.165, 1.54) is 18.8 Å². The third kappa shape index (κ3) is 2.92. The summed E-state index contributed by atoms with van der Waals surface area (Å²) >= 11 is 1.26. The number of imide groups is 1. The third-order valence-electron chi connectivity index (χ3n) is 3.69. The topological polar surface area (TPSA) is 88.4 Å². The van der Waals surface area contributed by atoms with Gasteiger partial charge in [-0.25, -0.2) is 4.79 Å². The lowest BCUT2D eigenvalue weighted by Gasteiger charge is -2.11. The molecule has 0 fully saturated rings. The summed E-state index contributed by atoms with van der Waals surface area (Å²) in [6, 6.07) is 9.42. The van der Waals surface area contributed by atoms with Crippen LogP contribution in [0.3, 0.4) is 0 Å². The van der Waals surface area contributed by atoms with Crippen LogP contribution in [0.2, 0.25) is 0 Å². The fraction of sp³-hybridized carbons (Fsp3) is 0.250. The quantitative estimate of drug-likeness (QED) is 0.711. The lowest BCUT2D eigenvalue weighted by molar-refractivity contribution is -0.119. The second-order valence-corrected chi connectivity index (χ2v) is 6.66. The first-order chi connectivity index (χ1) is 11.5. The summed E-state index contributed by atoms with van der Waals surface area (Å²) in [7, 11) is 1.46. The zero-order chi connectivity index (χ0) is 17.3. The first-order valence-electron chi connectivity index (χ1n) is 7.44. The number of hydrogen-bond donors (Lipinski definition) is 2. The number of nitrogens with zero attached hydrogens (tertiary/aromatic N) is 3. The van der Waals surface area contributed by atoms with E-state index in [4.69, 9.17) is 0 Å². The number of aryl methyl sites for hydroxylation is 1. The normalized spacial score (nSPS) is 12.3. The molecule has 0 unspecified atom stereocenters. The lowest BCUT2D eigenvalue weighted by atomic mass is 10.1. The Labute approximate surface area is 142 Å². The number of hydrogen-bond acceptors (Lipinski definition) is 5. The molecule has 0 bridgehead atoms. The van der Waals surface area contributed by atoms with E-state index in [1.54, 1.807) is 6.92 Å². The Balaban J connectivity index is 1.97. The number of pyridine rings is 1. The average molecular weight is 343 g/mol. The minimum Gasteiger partial charge on any atom is -0.341 e. The molecule has 0 saturated heterocycles. The largest absolute Gasteiger partial charge is 0.341 e. The van der Waals surface area contributed by atoms with Crippen LogP contribution in [0.15, 0.2) is 35.5 Å². The molecule has 1 aromatic carbocycles. The Bertz CT molecular complexity index is 937. The Morgan fingerprint density at radius 1 is 1.25 bits per heavy atom.